The van der Waals surface area contributed by atoms with Gasteiger partial charge in [0.1, 0.15) is 13.2 Å². The Kier molecular flexibility index (Phi) is 3.50. The van der Waals surface area contributed by atoms with Crippen molar-refractivity contribution < 1.29 is 28.3 Å². The highest BCUT2D eigenvalue weighted by Crippen LogP contribution is 2.36. The number of ether oxygens (including phenoxy) is 3. The van der Waals surface area contributed by atoms with Gasteiger partial charge in [-0.2, -0.15) is 4.39 Å². The lowest BCUT2D eigenvalue weighted by Crippen LogP contribution is -2.34. The highest BCUT2D eigenvalue weighted by atomic mass is 19.1. The number of esters is 1. The van der Waals surface area contributed by atoms with E-state index < -0.39 is 28.5 Å². The minimum atomic E-state index is -0.995. The predicted molar refractivity (Wildman–Crippen MR) is 59.6 cm³/mol. The van der Waals surface area contributed by atoms with E-state index in [1.165, 1.54) is 6.92 Å². The molecule has 0 fully saturated rings. The molecule has 2 rings (SSSR count). The third-order valence-corrected chi connectivity index (χ3v) is 2.40. The van der Waals surface area contributed by atoms with Crippen molar-refractivity contribution in [3.63, 3.8) is 0 Å². The summed E-state index contributed by atoms with van der Waals surface area (Å²) in [6.45, 7) is 1.27. The van der Waals surface area contributed by atoms with Crippen molar-refractivity contribution in [2.45, 2.75) is 13.0 Å². The highest BCUT2D eigenvalue weighted by molar-refractivity contribution is 5.65. The van der Waals surface area contributed by atoms with Gasteiger partial charge in [-0.15, -0.1) is 0 Å². The molecule has 1 heterocycles. The molecule has 1 aliphatic rings. The summed E-state index contributed by atoms with van der Waals surface area (Å²) in [5, 5.41) is 10.6. The number of carbonyl (C=O) groups excluding carboxylic acids is 1. The Bertz CT molecular complexity index is 532. The van der Waals surface area contributed by atoms with Crippen molar-refractivity contribution in [2.75, 3.05) is 13.2 Å². The van der Waals surface area contributed by atoms with Crippen LogP contribution in [0.3, 0.4) is 0 Å². The minimum Gasteiger partial charge on any atom is -0.486 e. The number of hydrogen-bond acceptors (Lipinski definition) is 6. The summed E-state index contributed by atoms with van der Waals surface area (Å²) >= 11 is 0. The number of rotatable bonds is 3. The predicted octanol–water partition coefficient (Wildman–Crippen LogP) is 1.44. The van der Waals surface area contributed by atoms with Gasteiger partial charge in [0, 0.05) is 13.0 Å². The summed E-state index contributed by atoms with van der Waals surface area (Å²) in [5.41, 5.74) is -0.699. The van der Waals surface area contributed by atoms with E-state index in [-0.39, 0.29) is 24.7 Å². The molecule has 1 aliphatic heterocycles. The molecule has 0 amide bonds. The highest BCUT2D eigenvalue weighted by Gasteiger charge is 2.27. The van der Waals surface area contributed by atoms with E-state index in [1.54, 1.807) is 0 Å². The van der Waals surface area contributed by atoms with Gasteiger partial charge in [-0.3, -0.25) is 14.9 Å². The fraction of sp³-hybridized carbons (Fsp3) is 0.364. The number of nitro groups is 1. The normalized spacial score (nSPS) is 16.8. The third kappa shape index (κ3) is 2.90. The van der Waals surface area contributed by atoms with Gasteiger partial charge in [0.25, 0.3) is 0 Å². The van der Waals surface area contributed by atoms with Gasteiger partial charge < -0.3 is 14.2 Å². The lowest BCUT2D eigenvalue weighted by atomic mass is 10.2. The van der Waals surface area contributed by atoms with Gasteiger partial charge in [-0.1, -0.05) is 0 Å². The Morgan fingerprint density at radius 2 is 2.32 bits per heavy atom. The Morgan fingerprint density at radius 3 is 2.95 bits per heavy atom. The van der Waals surface area contributed by atoms with E-state index in [9.17, 15) is 19.3 Å². The van der Waals surface area contributed by atoms with E-state index in [4.69, 9.17) is 14.2 Å². The van der Waals surface area contributed by atoms with Crippen LogP contribution in [0, 0.1) is 15.9 Å². The number of hydrogen-bond donors (Lipinski definition) is 0. The maximum atomic E-state index is 13.3. The number of fused-ring (bicyclic) bond motifs is 1. The number of nitrogens with zero attached hydrogens (tertiary/aromatic N) is 1. The zero-order chi connectivity index (χ0) is 14.0. The Morgan fingerprint density at radius 1 is 1.58 bits per heavy atom. The van der Waals surface area contributed by atoms with Crippen LogP contribution in [-0.4, -0.2) is 30.2 Å². The fourth-order valence-corrected chi connectivity index (χ4v) is 1.56. The van der Waals surface area contributed by atoms with Crippen molar-refractivity contribution in [3.8, 4) is 11.5 Å². The monoisotopic (exact) mass is 271 g/mol. The van der Waals surface area contributed by atoms with E-state index >= 15 is 0 Å². The maximum Gasteiger partial charge on any atom is 0.308 e. The van der Waals surface area contributed by atoms with Crippen LogP contribution in [0.4, 0.5) is 10.1 Å². The molecule has 0 spiro atoms. The molecule has 19 heavy (non-hydrogen) atoms. The van der Waals surface area contributed by atoms with Crippen molar-refractivity contribution in [1.82, 2.24) is 0 Å². The molecule has 0 saturated carbocycles. The first-order valence-corrected chi connectivity index (χ1v) is 5.38. The average molecular weight is 271 g/mol. The molecule has 1 aromatic carbocycles. The second-order valence-electron chi connectivity index (χ2n) is 3.86. The zero-order valence-electron chi connectivity index (χ0n) is 9.92. The molecule has 7 nitrogen and oxygen atoms in total. The van der Waals surface area contributed by atoms with Gasteiger partial charge in [0.2, 0.25) is 5.82 Å². The summed E-state index contributed by atoms with van der Waals surface area (Å²) in [7, 11) is 0. The van der Waals surface area contributed by atoms with Crippen LogP contribution < -0.4 is 9.47 Å². The molecule has 8 heteroatoms. The molecule has 0 N–H and O–H groups in total. The smallest absolute Gasteiger partial charge is 0.308 e. The summed E-state index contributed by atoms with van der Waals surface area (Å²) in [6, 6.07) is 1.85. The summed E-state index contributed by atoms with van der Waals surface area (Å²) in [5.74, 6) is -1.33. The number of benzene rings is 1. The number of carbonyl (C=O) groups is 1. The topological polar surface area (TPSA) is 87.9 Å². The molecule has 0 bridgehead atoms. The van der Waals surface area contributed by atoms with Gasteiger partial charge >= 0.3 is 11.7 Å². The maximum absolute atomic E-state index is 13.3. The summed E-state index contributed by atoms with van der Waals surface area (Å²) in [6.07, 6.45) is -0.582. The summed E-state index contributed by atoms with van der Waals surface area (Å²) < 4.78 is 28.6. The quantitative estimate of drug-likeness (QED) is 0.469. The second-order valence-corrected chi connectivity index (χ2v) is 3.86. The molecule has 1 atom stereocenters. The van der Waals surface area contributed by atoms with Crippen molar-refractivity contribution in [1.29, 1.82) is 0 Å². The average Bonchev–Trinajstić information content (AvgIpc) is 2.35. The van der Waals surface area contributed by atoms with Crippen LogP contribution in [0.1, 0.15) is 6.92 Å². The van der Waals surface area contributed by atoms with Gasteiger partial charge in [-0.25, -0.2) is 0 Å². The molecule has 0 aromatic heterocycles. The first kappa shape index (κ1) is 13.1. The number of nitro benzene ring substituents is 1. The van der Waals surface area contributed by atoms with Gasteiger partial charge in [-0.05, 0) is 0 Å². The zero-order valence-corrected chi connectivity index (χ0v) is 9.92. The van der Waals surface area contributed by atoms with Crippen molar-refractivity contribution in [3.05, 3.63) is 28.1 Å². The molecule has 1 aromatic rings. The van der Waals surface area contributed by atoms with E-state index in [0.29, 0.717) is 0 Å². The van der Waals surface area contributed by atoms with Crippen LogP contribution in [0.15, 0.2) is 12.1 Å². The molecule has 0 radical (unpaired) electrons. The SMILES string of the molecule is CC(=O)OCC1COc2cc(F)c([N+](=O)[O-])cc2O1. The molecule has 102 valence electrons. The molecular weight excluding hydrogens is 261 g/mol. The third-order valence-electron chi connectivity index (χ3n) is 2.40. The number of halogens is 1. The van der Waals surface area contributed by atoms with Gasteiger partial charge in [0.05, 0.1) is 11.0 Å². The second kappa shape index (κ2) is 5.09. The van der Waals surface area contributed by atoms with Crippen LogP contribution >= 0.6 is 0 Å². The van der Waals surface area contributed by atoms with Crippen molar-refractivity contribution in [2.24, 2.45) is 0 Å². The molecular formula is C11H10FNO6. The van der Waals surface area contributed by atoms with Crippen molar-refractivity contribution >= 4 is 11.7 Å². The fourth-order valence-electron chi connectivity index (χ4n) is 1.56. The molecule has 0 saturated heterocycles. The first-order valence-electron chi connectivity index (χ1n) is 5.38. The molecule has 0 aliphatic carbocycles. The minimum absolute atomic E-state index is 0.0417. The van der Waals surface area contributed by atoms with E-state index in [2.05, 4.69) is 0 Å². The lowest BCUT2D eigenvalue weighted by molar-refractivity contribution is -0.387. The van der Waals surface area contributed by atoms with Gasteiger partial charge in [0.15, 0.2) is 17.6 Å². The van der Waals surface area contributed by atoms with Crippen LogP contribution in [-0.2, 0) is 9.53 Å². The van der Waals surface area contributed by atoms with Crippen LogP contribution in [0.25, 0.3) is 0 Å². The Hall–Kier alpha value is -2.38. The van der Waals surface area contributed by atoms with Crippen LogP contribution in [0.2, 0.25) is 0 Å². The van der Waals surface area contributed by atoms with Crippen LogP contribution in [0.5, 0.6) is 11.5 Å². The standard InChI is InChI=1S/C11H10FNO6/c1-6(14)17-4-7-5-18-10-2-8(12)9(13(15)16)3-11(10)19-7/h2-3,7H,4-5H2,1H3. The first-order chi connectivity index (χ1) is 8.97. The molecule has 1 unspecified atom stereocenters. The van der Waals surface area contributed by atoms with E-state index in [1.807, 2.05) is 0 Å². The van der Waals surface area contributed by atoms with E-state index in [0.717, 1.165) is 12.1 Å². The lowest BCUT2D eigenvalue weighted by Gasteiger charge is -2.25. The Labute approximate surface area is 107 Å². The largest absolute Gasteiger partial charge is 0.486 e. The Balaban J connectivity index is 2.17. The summed E-state index contributed by atoms with van der Waals surface area (Å²) in [4.78, 5) is 20.4.